The molecule has 4 heterocycles. The molecule has 0 bridgehead atoms. The van der Waals surface area contributed by atoms with E-state index in [1.807, 2.05) is 55.1 Å². The fourth-order valence-electron chi connectivity index (χ4n) is 9.25. The van der Waals surface area contributed by atoms with Crippen LogP contribution in [-0.2, 0) is 24.9 Å². The Balaban J connectivity index is 1.08. The fraction of sp³-hybridized carbons (Fsp3) is 0.184. The van der Waals surface area contributed by atoms with Gasteiger partial charge in [-0.2, -0.15) is 0 Å². The maximum atomic E-state index is 14.3. The molecule has 0 unspecified atom stereocenters. The number of pyridine rings is 1. The Morgan fingerprint density at radius 1 is 0.780 bits per heavy atom. The van der Waals surface area contributed by atoms with Gasteiger partial charge < -0.3 is 13.7 Å². The summed E-state index contributed by atoms with van der Waals surface area (Å²) in [7, 11) is 0. The molecule has 0 saturated carbocycles. The summed E-state index contributed by atoms with van der Waals surface area (Å²) in [5.74, 6) is 2.28. The lowest BCUT2D eigenvalue weighted by Crippen LogP contribution is -2.39. The second-order valence-electron chi connectivity index (χ2n) is 15.3. The Bertz CT molecular complexity index is 2900. The molecule has 5 aromatic carbocycles. The second-order valence-corrected chi connectivity index (χ2v) is 15.3. The van der Waals surface area contributed by atoms with Crippen LogP contribution in [0.5, 0.6) is 0 Å². The van der Waals surface area contributed by atoms with Gasteiger partial charge in [-0.3, -0.25) is 4.79 Å². The SMILES string of the molecule is CCc1nc2ccn(Cc3c(C)noc3C)c(=O)c2n1[C@H]1CCc2cc(-c3ccccc3-c3nnnn3C(c3ccccc3)(c3ccccc3)c3ccccc3)ccc21. The number of aryl methyl sites for hydroxylation is 4. The van der Waals surface area contributed by atoms with Crippen molar-refractivity contribution in [3.8, 4) is 22.5 Å². The van der Waals surface area contributed by atoms with Crippen LogP contribution in [0.4, 0.5) is 0 Å². The van der Waals surface area contributed by atoms with Crippen molar-refractivity contribution in [2.45, 2.75) is 58.2 Å². The highest BCUT2D eigenvalue weighted by molar-refractivity contribution is 5.82. The molecule has 0 amide bonds. The molecule has 0 aliphatic heterocycles. The zero-order valence-electron chi connectivity index (χ0n) is 33.2. The van der Waals surface area contributed by atoms with Crippen molar-refractivity contribution in [1.29, 1.82) is 0 Å². The van der Waals surface area contributed by atoms with Crippen molar-refractivity contribution < 1.29 is 4.52 Å². The van der Waals surface area contributed by atoms with Crippen LogP contribution in [0.25, 0.3) is 33.5 Å². The standard InChI is InChI=1S/C49H42N8O2/c1-4-45-50-43-28-29-55(31-42-32(2)52-59-33(42)3)48(58)46(43)56(45)44-27-25-35-30-34(24-26-40(35)44)39-22-14-15-23-41(39)47-51-53-54-57(47)49(36-16-8-5-9-17-36,37-18-10-6-11-19-37)38-20-12-7-13-21-38/h5-24,26,28-30,44H,4,25,27,31H2,1-3H3/t44-/m0/s1. The number of imidazole rings is 1. The van der Waals surface area contributed by atoms with E-state index in [0.29, 0.717) is 24.3 Å². The summed E-state index contributed by atoms with van der Waals surface area (Å²) in [5.41, 5.74) is 10.7. The van der Waals surface area contributed by atoms with Gasteiger partial charge in [-0.05, 0) is 82.1 Å². The molecule has 10 heteroatoms. The molecule has 0 N–H and O–H groups in total. The van der Waals surface area contributed by atoms with Gasteiger partial charge in [-0.25, -0.2) is 9.67 Å². The van der Waals surface area contributed by atoms with Gasteiger partial charge in [0.25, 0.3) is 5.56 Å². The number of nitrogens with zero attached hydrogens (tertiary/aromatic N) is 8. The molecule has 10 nitrogen and oxygen atoms in total. The molecule has 10 rings (SSSR count). The molecule has 59 heavy (non-hydrogen) atoms. The predicted octanol–water partition coefficient (Wildman–Crippen LogP) is 9.11. The first-order valence-electron chi connectivity index (χ1n) is 20.2. The van der Waals surface area contributed by atoms with Crippen molar-refractivity contribution in [1.82, 2.24) is 39.5 Å². The number of aromatic nitrogens is 8. The summed E-state index contributed by atoms with van der Waals surface area (Å²) >= 11 is 0. The molecular formula is C49H42N8O2. The van der Waals surface area contributed by atoms with Gasteiger partial charge in [-0.15, -0.1) is 5.10 Å². The minimum absolute atomic E-state index is 0.0209. The predicted molar refractivity (Wildman–Crippen MR) is 228 cm³/mol. The Labute approximate surface area is 341 Å². The van der Waals surface area contributed by atoms with Gasteiger partial charge >= 0.3 is 0 Å². The van der Waals surface area contributed by atoms with Crippen LogP contribution in [0, 0.1) is 13.8 Å². The van der Waals surface area contributed by atoms with Crippen LogP contribution in [0.3, 0.4) is 0 Å². The largest absolute Gasteiger partial charge is 0.361 e. The normalized spacial score (nSPS) is 13.9. The molecular weight excluding hydrogens is 733 g/mol. The molecule has 0 fully saturated rings. The Morgan fingerprint density at radius 2 is 1.42 bits per heavy atom. The number of fused-ring (bicyclic) bond motifs is 2. The van der Waals surface area contributed by atoms with Crippen LogP contribution >= 0.6 is 0 Å². The molecule has 0 spiro atoms. The van der Waals surface area contributed by atoms with Gasteiger partial charge in [0.2, 0.25) is 0 Å². The Kier molecular flexibility index (Phi) is 8.97. The van der Waals surface area contributed by atoms with Crippen molar-refractivity contribution >= 4 is 11.0 Å². The number of rotatable bonds is 10. The number of benzene rings is 5. The van der Waals surface area contributed by atoms with Gasteiger partial charge in [0.1, 0.15) is 22.6 Å². The van der Waals surface area contributed by atoms with E-state index in [4.69, 9.17) is 19.8 Å². The van der Waals surface area contributed by atoms with Gasteiger partial charge in [-0.1, -0.05) is 146 Å². The van der Waals surface area contributed by atoms with E-state index in [1.165, 1.54) is 11.1 Å². The van der Waals surface area contributed by atoms with Crippen LogP contribution in [0.15, 0.2) is 155 Å². The third-order valence-electron chi connectivity index (χ3n) is 12.1. The maximum absolute atomic E-state index is 14.3. The highest BCUT2D eigenvalue weighted by atomic mass is 16.5. The van der Waals surface area contributed by atoms with E-state index >= 15 is 0 Å². The lowest BCUT2D eigenvalue weighted by Gasteiger charge is -2.36. The molecule has 1 aliphatic carbocycles. The minimum Gasteiger partial charge on any atom is -0.361 e. The van der Waals surface area contributed by atoms with Crippen molar-refractivity contribution in [3.05, 3.63) is 207 Å². The number of hydrogen-bond donors (Lipinski definition) is 0. The van der Waals surface area contributed by atoms with Crippen LogP contribution in [0.1, 0.15) is 70.0 Å². The monoisotopic (exact) mass is 774 g/mol. The molecule has 0 saturated heterocycles. The second kappa shape index (κ2) is 14.6. The summed E-state index contributed by atoms with van der Waals surface area (Å²) < 4.78 is 11.4. The van der Waals surface area contributed by atoms with E-state index < -0.39 is 5.54 Å². The topological polar surface area (TPSA) is 109 Å². The molecule has 0 radical (unpaired) electrons. The first kappa shape index (κ1) is 36.2. The minimum atomic E-state index is -0.878. The van der Waals surface area contributed by atoms with Crippen molar-refractivity contribution in [3.63, 3.8) is 0 Å². The van der Waals surface area contributed by atoms with Crippen molar-refractivity contribution in [2.75, 3.05) is 0 Å². The molecule has 290 valence electrons. The first-order valence-corrected chi connectivity index (χ1v) is 20.2. The van der Waals surface area contributed by atoms with E-state index in [0.717, 1.165) is 74.6 Å². The zero-order valence-corrected chi connectivity index (χ0v) is 33.2. The molecule has 9 aromatic rings. The fourth-order valence-corrected chi connectivity index (χ4v) is 9.25. The number of tetrazole rings is 1. The van der Waals surface area contributed by atoms with E-state index in [2.05, 4.69) is 131 Å². The summed E-state index contributed by atoms with van der Waals surface area (Å²) in [6, 6.07) is 48.5. The van der Waals surface area contributed by atoms with Crippen LogP contribution in [-0.4, -0.2) is 39.5 Å². The third kappa shape index (κ3) is 5.85. The average Bonchev–Trinajstić information content (AvgIpc) is 4.09. The first-order chi connectivity index (χ1) is 29.0. The quantitative estimate of drug-likeness (QED) is 0.128. The van der Waals surface area contributed by atoms with Gasteiger partial charge in [0.15, 0.2) is 5.82 Å². The molecule has 1 aliphatic rings. The van der Waals surface area contributed by atoms with E-state index in [1.54, 1.807) is 4.57 Å². The Morgan fingerprint density at radius 3 is 2.05 bits per heavy atom. The lowest BCUT2D eigenvalue weighted by molar-refractivity contribution is 0.392. The number of hydrogen-bond acceptors (Lipinski definition) is 7. The molecule has 1 atom stereocenters. The summed E-state index contributed by atoms with van der Waals surface area (Å²) in [4.78, 5) is 19.3. The van der Waals surface area contributed by atoms with Crippen molar-refractivity contribution in [2.24, 2.45) is 0 Å². The summed E-state index contributed by atoms with van der Waals surface area (Å²) in [6.07, 6.45) is 4.28. The van der Waals surface area contributed by atoms with Gasteiger partial charge in [0, 0.05) is 23.7 Å². The molecule has 4 aromatic heterocycles. The smallest absolute Gasteiger partial charge is 0.277 e. The zero-order chi connectivity index (χ0) is 40.1. The lowest BCUT2D eigenvalue weighted by atomic mass is 9.77. The van der Waals surface area contributed by atoms with Crippen LogP contribution < -0.4 is 5.56 Å². The Hall–Kier alpha value is -7.20. The van der Waals surface area contributed by atoms with E-state index in [-0.39, 0.29) is 11.6 Å². The summed E-state index contributed by atoms with van der Waals surface area (Å²) in [6.45, 7) is 6.28. The third-order valence-corrected chi connectivity index (χ3v) is 12.1. The highest BCUT2D eigenvalue weighted by Gasteiger charge is 2.42. The van der Waals surface area contributed by atoms with Crippen LogP contribution in [0.2, 0.25) is 0 Å². The maximum Gasteiger partial charge on any atom is 0.277 e. The van der Waals surface area contributed by atoms with Gasteiger partial charge in [0.05, 0.1) is 23.8 Å². The van der Waals surface area contributed by atoms with E-state index in [9.17, 15) is 4.79 Å². The average molecular weight is 775 g/mol. The summed E-state index contributed by atoms with van der Waals surface area (Å²) in [5, 5.41) is 18.1. The highest BCUT2D eigenvalue weighted by Crippen LogP contribution is 2.44.